The molecule has 0 aromatic carbocycles. The number of nitrogens with one attached hydrogen (secondary N) is 1. The van der Waals surface area contributed by atoms with Crippen molar-refractivity contribution in [3.8, 4) is 0 Å². The van der Waals surface area contributed by atoms with Crippen LogP contribution in [0.15, 0.2) is 24.5 Å². The quantitative estimate of drug-likeness (QED) is 0.550. The van der Waals surface area contributed by atoms with Crippen molar-refractivity contribution in [2.24, 2.45) is 11.8 Å². The minimum Gasteiger partial charge on any atom is -0.271 e. The smallest absolute Gasteiger partial charge is 0.0270 e. The summed E-state index contributed by atoms with van der Waals surface area (Å²) in [6.07, 6.45) is 5.70. The molecule has 3 N–H and O–H groups in total. The van der Waals surface area contributed by atoms with E-state index < -0.39 is 0 Å². The second-order valence-electron chi connectivity index (χ2n) is 4.05. The Labute approximate surface area is 85.7 Å². The molecule has 0 spiro atoms. The molecular formula is C11H19N3. The molecule has 1 aromatic heterocycles. The van der Waals surface area contributed by atoms with Gasteiger partial charge in [0.15, 0.2) is 0 Å². The van der Waals surface area contributed by atoms with E-state index in [1.165, 1.54) is 5.56 Å². The van der Waals surface area contributed by atoms with E-state index >= 15 is 0 Å². The van der Waals surface area contributed by atoms with Crippen molar-refractivity contribution in [3.05, 3.63) is 30.1 Å². The van der Waals surface area contributed by atoms with Crippen molar-refractivity contribution in [1.29, 1.82) is 0 Å². The van der Waals surface area contributed by atoms with Gasteiger partial charge in [-0.1, -0.05) is 13.8 Å². The molecule has 1 rings (SSSR count). The standard InChI is InChI=1S/C11H19N3/c1-9(2)7-11(14-12)8-10-3-5-13-6-4-10/h3-6,9,11,14H,7-8,12H2,1-2H3. The van der Waals surface area contributed by atoms with Crippen LogP contribution in [0.1, 0.15) is 25.8 Å². The van der Waals surface area contributed by atoms with Crippen molar-refractivity contribution in [1.82, 2.24) is 10.4 Å². The second kappa shape index (κ2) is 5.73. The summed E-state index contributed by atoms with van der Waals surface area (Å²) in [5, 5.41) is 0. The van der Waals surface area contributed by atoms with Crippen LogP contribution in [0.5, 0.6) is 0 Å². The Hall–Kier alpha value is -0.930. The van der Waals surface area contributed by atoms with E-state index in [9.17, 15) is 0 Å². The number of hydrazine groups is 1. The molecule has 0 aliphatic carbocycles. The molecule has 0 fully saturated rings. The van der Waals surface area contributed by atoms with Crippen LogP contribution in [0.3, 0.4) is 0 Å². The van der Waals surface area contributed by atoms with Gasteiger partial charge in [0, 0.05) is 18.4 Å². The highest BCUT2D eigenvalue weighted by Gasteiger charge is 2.09. The van der Waals surface area contributed by atoms with Crippen molar-refractivity contribution < 1.29 is 0 Å². The third-order valence-corrected chi connectivity index (χ3v) is 2.22. The lowest BCUT2D eigenvalue weighted by atomic mass is 9.98. The average Bonchev–Trinajstić information content (AvgIpc) is 2.17. The molecule has 0 aliphatic heterocycles. The number of hydrogen-bond donors (Lipinski definition) is 2. The Kier molecular flexibility index (Phi) is 4.56. The van der Waals surface area contributed by atoms with Crippen LogP contribution >= 0.6 is 0 Å². The Bertz CT molecular complexity index is 246. The van der Waals surface area contributed by atoms with Crippen LogP contribution in [-0.4, -0.2) is 11.0 Å². The number of rotatable bonds is 5. The molecule has 0 saturated carbocycles. The van der Waals surface area contributed by atoms with E-state index in [-0.39, 0.29) is 0 Å². The molecule has 0 amide bonds. The molecule has 0 aliphatic rings. The lowest BCUT2D eigenvalue weighted by molar-refractivity contribution is 0.423. The number of aromatic nitrogens is 1. The highest BCUT2D eigenvalue weighted by atomic mass is 15.2. The van der Waals surface area contributed by atoms with Gasteiger partial charge >= 0.3 is 0 Å². The Balaban J connectivity index is 2.48. The molecule has 3 nitrogen and oxygen atoms in total. The summed E-state index contributed by atoms with van der Waals surface area (Å²) in [6, 6.07) is 4.42. The lowest BCUT2D eigenvalue weighted by Gasteiger charge is -2.17. The summed E-state index contributed by atoms with van der Waals surface area (Å²) >= 11 is 0. The van der Waals surface area contributed by atoms with E-state index in [4.69, 9.17) is 5.84 Å². The first kappa shape index (κ1) is 11.1. The molecule has 1 unspecified atom stereocenters. The molecule has 3 heteroatoms. The molecule has 1 aromatic rings. The van der Waals surface area contributed by atoms with Gasteiger partial charge in [-0.2, -0.15) is 0 Å². The zero-order chi connectivity index (χ0) is 10.4. The zero-order valence-electron chi connectivity index (χ0n) is 8.90. The minimum atomic E-state index is 0.359. The van der Waals surface area contributed by atoms with Gasteiger partial charge in [0.25, 0.3) is 0 Å². The number of pyridine rings is 1. The summed E-state index contributed by atoms with van der Waals surface area (Å²) in [6.45, 7) is 4.41. The number of nitrogens with zero attached hydrogens (tertiary/aromatic N) is 1. The van der Waals surface area contributed by atoms with Gasteiger partial charge in [0.1, 0.15) is 0 Å². The minimum absolute atomic E-state index is 0.359. The van der Waals surface area contributed by atoms with Gasteiger partial charge in [-0.05, 0) is 36.5 Å². The first-order valence-corrected chi connectivity index (χ1v) is 5.07. The molecule has 0 bridgehead atoms. The largest absolute Gasteiger partial charge is 0.271 e. The van der Waals surface area contributed by atoms with E-state index in [2.05, 4.69) is 24.3 Å². The maximum atomic E-state index is 5.50. The maximum absolute atomic E-state index is 5.50. The topological polar surface area (TPSA) is 50.9 Å². The fourth-order valence-corrected chi connectivity index (χ4v) is 1.58. The molecular weight excluding hydrogens is 174 g/mol. The third kappa shape index (κ3) is 3.85. The second-order valence-corrected chi connectivity index (χ2v) is 4.05. The highest BCUT2D eigenvalue weighted by molar-refractivity contribution is 5.11. The third-order valence-electron chi connectivity index (χ3n) is 2.22. The van der Waals surface area contributed by atoms with Gasteiger partial charge in [-0.15, -0.1) is 0 Å². The van der Waals surface area contributed by atoms with Crippen molar-refractivity contribution in [2.75, 3.05) is 0 Å². The predicted octanol–water partition coefficient (Wildman–Crippen LogP) is 1.50. The Morgan fingerprint density at radius 3 is 2.50 bits per heavy atom. The normalized spacial score (nSPS) is 13.1. The molecule has 78 valence electrons. The van der Waals surface area contributed by atoms with E-state index in [0.29, 0.717) is 12.0 Å². The zero-order valence-corrected chi connectivity index (χ0v) is 8.90. The van der Waals surface area contributed by atoms with Crippen LogP contribution in [0, 0.1) is 5.92 Å². The first-order chi connectivity index (χ1) is 6.72. The molecule has 0 saturated heterocycles. The Morgan fingerprint density at radius 1 is 1.36 bits per heavy atom. The van der Waals surface area contributed by atoms with Crippen LogP contribution in [0.25, 0.3) is 0 Å². The molecule has 1 atom stereocenters. The summed E-state index contributed by atoms with van der Waals surface area (Å²) in [5.74, 6) is 6.17. The monoisotopic (exact) mass is 193 g/mol. The van der Waals surface area contributed by atoms with Gasteiger partial charge < -0.3 is 0 Å². The van der Waals surface area contributed by atoms with Crippen LogP contribution in [0.4, 0.5) is 0 Å². The summed E-state index contributed by atoms with van der Waals surface area (Å²) in [7, 11) is 0. The Morgan fingerprint density at radius 2 is 2.00 bits per heavy atom. The summed E-state index contributed by atoms with van der Waals surface area (Å²) < 4.78 is 0. The first-order valence-electron chi connectivity index (χ1n) is 5.07. The lowest BCUT2D eigenvalue weighted by Crippen LogP contribution is -2.37. The SMILES string of the molecule is CC(C)CC(Cc1ccncc1)NN. The summed E-state index contributed by atoms with van der Waals surface area (Å²) in [4.78, 5) is 3.99. The van der Waals surface area contributed by atoms with E-state index in [1.54, 1.807) is 0 Å². The predicted molar refractivity (Wildman–Crippen MR) is 58.5 cm³/mol. The fourth-order valence-electron chi connectivity index (χ4n) is 1.58. The molecule has 0 radical (unpaired) electrons. The number of hydrogen-bond acceptors (Lipinski definition) is 3. The highest BCUT2D eigenvalue weighted by Crippen LogP contribution is 2.09. The van der Waals surface area contributed by atoms with Gasteiger partial charge in [0.05, 0.1) is 0 Å². The van der Waals surface area contributed by atoms with Crippen molar-refractivity contribution >= 4 is 0 Å². The van der Waals surface area contributed by atoms with Crippen molar-refractivity contribution in [3.63, 3.8) is 0 Å². The average molecular weight is 193 g/mol. The van der Waals surface area contributed by atoms with Gasteiger partial charge in [0.2, 0.25) is 0 Å². The van der Waals surface area contributed by atoms with Gasteiger partial charge in [-0.3, -0.25) is 16.3 Å². The van der Waals surface area contributed by atoms with E-state index in [0.717, 1.165) is 12.8 Å². The maximum Gasteiger partial charge on any atom is 0.0270 e. The molecule has 14 heavy (non-hydrogen) atoms. The molecule has 1 heterocycles. The number of nitrogens with two attached hydrogens (primary N) is 1. The van der Waals surface area contributed by atoms with Crippen LogP contribution in [0.2, 0.25) is 0 Å². The van der Waals surface area contributed by atoms with Crippen LogP contribution in [-0.2, 0) is 6.42 Å². The van der Waals surface area contributed by atoms with Crippen molar-refractivity contribution in [2.45, 2.75) is 32.7 Å². The van der Waals surface area contributed by atoms with Gasteiger partial charge in [-0.25, -0.2) is 0 Å². The van der Waals surface area contributed by atoms with Crippen LogP contribution < -0.4 is 11.3 Å². The summed E-state index contributed by atoms with van der Waals surface area (Å²) in [5.41, 5.74) is 4.14. The fraction of sp³-hybridized carbons (Fsp3) is 0.545. The van der Waals surface area contributed by atoms with E-state index in [1.807, 2.05) is 24.5 Å².